The number of nitrogens with one attached hydrogen (secondary N) is 1. The van der Waals surface area contributed by atoms with Gasteiger partial charge in [0.05, 0.1) is 18.2 Å². The van der Waals surface area contributed by atoms with E-state index in [9.17, 15) is 29.0 Å². The van der Waals surface area contributed by atoms with Gasteiger partial charge >= 0.3 is 11.9 Å². The summed E-state index contributed by atoms with van der Waals surface area (Å²) >= 11 is 0. The molecule has 9 heteroatoms. The van der Waals surface area contributed by atoms with Crippen molar-refractivity contribution < 1.29 is 33.7 Å². The number of aromatic nitrogens is 1. The van der Waals surface area contributed by atoms with Gasteiger partial charge in [-0.05, 0) is 59.2 Å². The van der Waals surface area contributed by atoms with Crippen LogP contribution < -0.4 is 5.32 Å². The normalized spacial score (nSPS) is 11.6. The summed E-state index contributed by atoms with van der Waals surface area (Å²) in [5.41, 5.74) is 1.93. The molecule has 0 aliphatic heterocycles. The Morgan fingerprint density at radius 1 is 0.972 bits per heavy atom. The van der Waals surface area contributed by atoms with Crippen LogP contribution in [0.25, 0.3) is 22.0 Å². The fourth-order valence-electron chi connectivity index (χ4n) is 3.78. The molecule has 0 saturated carbocycles. The number of carboxylic acid groups (broad SMARTS) is 1. The molecule has 182 valence electrons. The molecule has 0 aliphatic carbocycles. The smallest absolute Gasteiger partial charge is 0.336 e. The predicted molar refractivity (Wildman–Crippen MR) is 129 cm³/mol. The molecule has 0 unspecified atom stereocenters. The molecule has 0 aliphatic rings. The first kappa shape index (κ1) is 24.3. The number of amides is 1. The van der Waals surface area contributed by atoms with E-state index in [1.165, 1.54) is 31.4 Å². The first-order valence-electron chi connectivity index (χ1n) is 10.9. The highest BCUT2D eigenvalue weighted by molar-refractivity contribution is 6.07. The molecule has 4 aromatic rings. The minimum atomic E-state index is -1.26. The lowest BCUT2D eigenvalue weighted by Gasteiger charge is -2.17. The van der Waals surface area contributed by atoms with Crippen molar-refractivity contribution in [3.63, 3.8) is 0 Å². The van der Waals surface area contributed by atoms with Crippen LogP contribution in [0.4, 0.5) is 4.39 Å². The number of ether oxygens (including phenoxy) is 1. The molecule has 3 aromatic carbocycles. The van der Waals surface area contributed by atoms with E-state index in [4.69, 9.17) is 4.74 Å². The second-order valence-electron chi connectivity index (χ2n) is 8.02. The van der Waals surface area contributed by atoms with Crippen molar-refractivity contribution in [2.24, 2.45) is 0 Å². The zero-order chi connectivity index (χ0) is 25.8. The maximum atomic E-state index is 13.3. The standard InChI is InChI=1S/C27H21FN2O6/c1-36-27(35)24(12-15-2-9-19(31)10-3-15)30-25(32)23-14-21(26(33)34)20-13-17(6-11-22(20)29-23)16-4-7-18(28)8-5-16/h2-11,13-14,24,31H,12H2,1H3,(H,30,32)(H,33,34)/t24-/m0/s1. The zero-order valence-electron chi connectivity index (χ0n) is 19.1. The van der Waals surface area contributed by atoms with Crippen molar-refractivity contribution in [3.05, 3.63) is 95.4 Å². The lowest BCUT2D eigenvalue weighted by atomic mass is 10.00. The molecule has 1 aromatic heterocycles. The molecule has 0 radical (unpaired) electrons. The topological polar surface area (TPSA) is 126 Å². The van der Waals surface area contributed by atoms with Gasteiger partial charge in [0.2, 0.25) is 0 Å². The number of hydrogen-bond acceptors (Lipinski definition) is 6. The van der Waals surface area contributed by atoms with Crippen LogP contribution in [0.3, 0.4) is 0 Å². The number of benzene rings is 3. The van der Waals surface area contributed by atoms with Crippen LogP contribution >= 0.6 is 0 Å². The SMILES string of the molecule is COC(=O)[C@H](Cc1ccc(O)cc1)NC(=O)c1cc(C(=O)O)c2cc(-c3ccc(F)cc3)ccc2n1. The molecule has 0 fully saturated rings. The van der Waals surface area contributed by atoms with E-state index in [2.05, 4.69) is 10.3 Å². The molecular weight excluding hydrogens is 467 g/mol. The van der Waals surface area contributed by atoms with Crippen LogP contribution in [0.2, 0.25) is 0 Å². The molecule has 3 N–H and O–H groups in total. The van der Waals surface area contributed by atoms with Crippen molar-refractivity contribution in [2.75, 3.05) is 7.11 Å². The number of nitrogens with zero attached hydrogens (tertiary/aromatic N) is 1. The average molecular weight is 488 g/mol. The Morgan fingerprint density at radius 3 is 2.28 bits per heavy atom. The third-order valence-electron chi connectivity index (χ3n) is 5.62. The van der Waals surface area contributed by atoms with Gasteiger partial charge in [-0.3, -0.25) is 4.79 Å². The predicted octanol–water partition coefficient (Wildman–Crippen LogP) is 3.96. The van der Waals surface area contributed by atoms with Crippen LogP contribution in [0, 0.1) is 5.82 Å². The van der Waals surface area contributed by atoms with Gasteiger partial charge in [-0.1, -0.05) is 30.3 Å². The number of methoxy groups -OCH3 is 1. The fourth-order valence-corrected chi connectivity index (χ4v) is 3.78. The number of aromatic carboxylic acids is 1. The van der Waals surface area contributed by atoms with Crippen LogP contribution in [0.1, 0.15) is 26.4 Å². The molecular formula is C27H21FN2O6. The number of fused-ring (bicyclic) bond motifs is 1. The van der Waals surface area contributed by atoms with E-state index < -0.39 is 29.7 Å². The highest BCUT2D eigenvalue weighted by Gasteiger charge is 2.25. The number of carbonyl (C=O) groups excluding carboxylic acids is 2. The summed E-state index contributed by atoms with van der Waals surface area (Å²) < 4.78 is 18.1. The van der Waals surface area contributed by atoms with Crippen molar-refractivity contribution >= 4 is 28.7 Å². The lowest BCUT2D eigenvalue weighted by molar-refractivity contribution is -0.142. The Kier molecular flexibility index (Phi) is 6.91. The summed E-state index contributed by atoms with van der Waals surface area (Å²) in [6.45, 7) is 0. The third kappa shape index (κ3) is 5.30. The maximum absolute atomic E-state index is 13.3. The van der Waals surface area contributed by atoms with Crippen molar-refractivity contribution in [2.45, 2.75) is 12.5 Å². The summed E-state index contributed by atoms with van der Waals surface area (Å²) in [6, 6.07) is 16.8. The minimum Gasteiger partial charge on any atom is -0.508 e. The Morgan fingerprint density at radius 2 is 1.64 bits per heavy atom. The number of phenolic OH excluding ortho intramolecular Hbond substituents is 1. The van der Waals surface area contributed by atoms with E-state index in [0.29, 0.717) is 22.1 Å². The molecule has 0 bridgehead atoms. The Labute approximate surface area is 205 Å². The number of carbonyl (C=O) groups is 3. The number of esters is 1. The van der Waals surface area contributed by atoms with Gasteiger partial charge in [0, 0.05) is 11.8 Å². The molecule has 8 nitrogen and oxygen atoms in total. The van der Waals surface area contributed by atoms with Gasteiger partial charge in [-0.15, -0.1) is 0 Å². The molecule has 4 rings (SSSR count). The second kappa shape index (κ2) is 10.2. The molecule has 1 heterocycles. The summed E-state index contributed by atoms with van der Waals surface area (Å²) in [6.07, 6.45) is 0.0824. The summed E-state index contributed by atoms with van der Waals surface area (Å²) in [7, 11) is 1.19. The quantitative estimate of drug-likeness (QED) is 0.336. The molecule has 1 amide bonds. The summed E-state index contributed by atoms with van der Waals surface area (Å²) in [4.78, 5) is 41.6. The monoisotopic (exact) mass is 488 g/mol. The largest absolute Gasteiger partial charge is 0.508 e. The average Bonchev–Trinajstić information content (AvgIpc) is 2.88. The van der Waals surface area contributed by atoms with Crippen LogP contribution in [-0.2, 0) is 16.0 Å². The van der Waals surface area contributed by atoms with Gasteiger partial charge in [0.25, 0.3) is 5.91 Å². The van der Waals surface area contributed by atoms with Crippen LogP contribution in [0.5, 0.6) is 5.75 Å². The number of hydrogen-bond donors (Lipinski definition) is 3. The molecule has 0 saturated heterocycles. The Bertz CT molecular complexity index is 1450. The van der Waals surface area contributed by atoms with Gasteiger partial charge in [0.1, 0.15) is 23.3 Å². The van der Waals surface area contributed by atoms with Gasteiger partial charge in [-0.2, -0.15) is 0 Å². The van der Waals surface area contributed by atoms with Crippen LogP contribution in [-0.4, -0.2) is 46.2 Å². The number of aromatic hydroxyl groups is 1. The first-order chi connectivity index (χ1) is 17.2. The van der Waals surface area contributed by atoms with Gasteiger partial charge in [0.15, 0.2) is 0 Å². The molecule has 36 heavy (non-hydrogen) atoms. The lowest BCUT2D eigenvalue weighted by Crippen LogP contribution is -2.43. The van der Waals surface area contributed by atoms with Gasteiger partial charge in [-0.25, -0.2) is 19.0 Å². The minimum absolute atomic E-state index is 0.0570. The first-order valence-corrected chi connectivity index (χ1v) is 10.9. The zero-order valence-corrected chi connectivity index (χ0v) is 19.1. The van der Waals surface area contributed by atoms with Crippen LogP contribution in [0.15, 0.2) is 72.8 Å². The number of halogens is 1. The Balaban J connectivity index is 1.66. The van der Waals surface area contributed by atoms with E-state index in [1.807, 2.05) is 0 Å². The van der Waals surface area contributed by atoms with Crippen molar-refractivity contribution in [3.8, 4) is 16.9 Å². The highest BCUT2D eigenvalue weighted by Crippen LogP contribution is 2.27. The number of phenols is 1. The second-order valence-corrected chi connectivity index (χ2v) is 8.02. The van der Waals surface area contributed by atoms with E-state index in [1.54, 1.807) is 42.5 Å². The van der Waals surface area contributed by atoms with E-state index in [-0.39, 0.29) is 28.9 Å². The fraction of sp³-hybridized carbons (Fsp3) is 0.111. The molecule has 1 atom stereocenters. The third-order valence-corrected chi connectivity index (χ3v) is 5.62. The van der Waals surface area contributed by atoms with Crippen molar-refractivity contribution in [1.29, 1.82) is 0 Å². The summed E-state index contributed by atoms with van der Waals surface area (Å²) in [5, 5.41) is 22.1. The van der Waals surface area contributed by atoms with Gasteiger partial charge < -0.3 is 20.3 Å². The molecule has 0 spiro atoms. The van der Waals surface area contributed by atoms with E-state index >= 15 is 0 Å². The number of pyridine rings is 1. The summed E-state index contributed by atoms with van der Waals surface area (Å²) in [5.74, 6) is -3.04. The number of rotatable bonds is 7. The number of carboxylic acids is 1. The Hall–Kier alpha value is -4.79. The van der Waals surface area contributed by atoms with Crippen molar-refractivity contribution in [1.82, 2.24) is 10.3 Å². The van der Waals surface area contributed by atoms with E-state index in [0.717, 1.165) is 6.07 Å². The highest BCUT2D eigenvalue weighted by atomic mass is 19.1. The maximum Gasteiger partial charge on any atom is 0.336 e.